The molecule has 0 radical (unpaired) electrons. The maximum absolute atomic E-state index is 13.8. The van der Waals surface area contributed by atoms with Crippen LogP contribution >= 0.6 is 11.3 Å². The molecule has 2 aromatic heterocycles. The summed E-state index contributed by atoms with van der Waals surface area (Å²) in [4.78, 5) is 31.4. The summed E-state index contributed by atoms with van der Waals surface area (Å²) < 4.78 is 91.3. The maximum atomic E-state index is 13.8. The zero-order chi connectivity index (χ0) is 26.8. The minimum atomic E-state index is -4.86. The summed E-state index contributed by atoms with van der Waals surface area (Å²) in [5.41, 5.74) is -1.25. The Labute approximate surface area is 204 Å². The molecule has 0 aromatic carbocycles. The number of pyridine rings is 1. The van der Waals surface area contributed by atoms with Gasteiger partial charge in [0.15, 0.2) is 0 Å². The zero-order valence-electron chi connectivity index (χ0n) is 19.2. The highest BCUT2D eigenvalue weighted by atomic mass is 32.1. The minimum Gasteiger partial charge on any atom is -0.471 e. The van der Waals surface area contributed by atoms with Crippen LogP contribution in [-0.4, -0.2) is 92.7 Å². The molecule has 16 heteroatoms. The molecule has 2 amide bonds. The van der Waals surface area contributed by atoms with Crippen molar-refractivity contribution in [2.45, 2.75) is 24.7 Å². The van der Waals surface area contributed by atoms with Crippen molar-refractivity contribution in [1.29, 1.82) is 0 Å². The molecule has 0 spiro atoms. The summed E-state index contributed by atoms with van der Waals surface area (Å²) in [6, 6.07) is 0.228. The van der Waals surface area contributed by atoms with E-state index in [0.29, 0.717) is 0 Å². The van der Waals surface area contributed by atoms with E-state index in [2.05, 4.69) is 15.0 Å². The van der Waals surface area contributed by atoms with Crippen molar-refractivity contribution in [2.75, 3.05) is 47.4 Å². The number of alkyl halides is 6. The van der Waals surface area contributed by atoms with Gasteiger partial charge in [0.05, 0.1) is 40.5 Å². The summed E-state index contributed by atoms with van der Waals surface area (Å²) >= 11 is 0.726. The third kappa shape index (κ3) is 6.47. The van der Waals surface area contributed by atoms with Gasteiger partial charge in [-0.3, -0.25) is 9.53 Å². The number of hydrogen-bond donors (Lipinski definition) is 1. The fourth-order valence-electron chi connectivity index (χ4n) is 3.60. The van der Waals surface area contributed by atoms with Crippen LogP contribution in [0.15, 0.2) is 11.4 Å². The highest BCUT2D eigenvalue weighted by Crippen LogP contribution is 2.40. The van der Waals surface area contributed by atoms with Crippen LogP contribution in [0.5, 0.6) is 5.88 Å². The Morgan fingerprint density at radius 2 is 1.89 bits per heavy atom. The van der Waals surface area contributed by atoms with Gasteiger partial charge in [0.25, 0.3) is 5.91 Å². The number of amides is 2. The van der Waals surface area contributed by atoms with Crippen molar-refractivity contribution in [2.24, 2.45) is 0 Å². The smallest absolute Gasteiger partial charge is 0.471 e. The van der Waals surface area contributed by atoms with Crippen LogP contribution in [0.1, 0.15) is 15.9 Å². The van der Waals surface area contributed by atoms with E-state index in [1.54, 1.807) is 19.0 Å². The lowest BCUT2D eigenvalue weighted by Gasteiger charge is -2.25. The fourth-order valence-corrected chi connectivity index (χ4v) is 4.63. The molecule has 0 aliphatic carbocycles. The predicted molar refractivity (Wildman–Crippen MR) is 115 cm³/mol. The van der Waals surface area contributed by atoms with E-state index in [1.807, 2.05) is 0 Å². The number of carbonyl (C=O) groups excluding carboxylic acids is 2. The topological polar surface area (TPSA) is 93.2 Å². The molecule has 1 N–H and O–H groups in total. The Hall–Kier alpha value is -2.85. The lowest BCUT2D eigenvalue weighted by atomic mass is 10.1. The molecule has 9 nitrogen and oxygen atoms in total. The molecule has 0 saturated carbocycles. The van der Waals surface area contributed by atoms with Gasteiger partial charge in [0.2, 0.25) is 5.88 Å². The Bertz CT molecular complexity index is 1110. The molecular formula is C20H22F6N4O5S. The van der Waals surface area contributed by atoms with Gasteiger partial charge >= 0.3 is 18.6 Å². The molecular weight excluding hydrogens is 522 g/mol. The first-order valence-electron chi connectivity index (χ1n) is 10.4. The first-order valence-corrected chi connectivity index (χ1v) is 11.3. The summed E-state index contributed by atoms with van der Waals surface area (Å²) in [5, 5.41) is 3.62. The van der Waals surface area contributed by atoms with Crippen molar-refractivity contribution in [3.05, 3.63) is 22.6 Å². The lowest BCUT2D eigenvalue weighted by molar-refractivity contribution is -0.326. The number of hydrogen-bond acceptors (Lipinski definition) is 8. The molecule has 1 aliphatic heterocycles. The first kappa shape index (κ1) is 27.7. The van der Waals surface area contributed by atoms with Gasteiger partial charge in [-0.1, -0.05) is 0 Å². The standard InChI is InChI=1S/C20H22F6N4O5S/c1-27-17(31)10-9-36-16-11(19(21,22)23)6-14(28-15(10)16)35-13-8-30(7-12(13)29(2)3)18(32)33-4-5-34-20(24,25)26/h6,9,12-13H,4-5,7-8H2,1-3H3,(H,27,31)/t12-,13-/m1/s1. The number of rotatable bonds is 7. The average molecular weight is 544 g/mol. The molecule has 0 unspecified atom stereocenters. The van der Waals surface area contributed by atoms with E-state index >= 15 is 0 Å². The highest BCUT2D eigenvalue weighted by molar-refractivity contribution is 7.17. The first-order chi connectivity index (χ1) is 16.7. The molecule has 200 valence electrons. The van der Waals surface area contributed by atoms with E-state index in [-0.39, 0.29) is 28.9 Å². The van der Waals surface area contributed by atoms with Gasteiger partial charge in [-0.05, 0) is 14.1 Å². The zero-order valence-corrected chi connectivity index (χ0v) is 20.0. The second kappa shape index (κ2) is 10.6. The van der Waals surface area contributed by atoms with Crippen molar-refractivity contribution in [3.8, 4) is 5.88 Å². The molecule has 1 fully saturated rings. The van der Waals surface area contributed by atoms with Crippen molar-refractivity contribution in [1.82, 2.24) is 20.1 Å². The lowest BCUT2D eigenvalue weighted by Crippen LogP contribution is -2.41. The number of aromatic nitrogens is 1. The van der Waals surface area contributed by atoms with Crippen molar-refractivity contribution in [3.63, 3.8) is 0 Å². The predicted octanol–water partition coefficient (Wildman–Crippen LogP) is 3.34. The van der Waals surface area contributed by atoms with Crippen LogP contribution in [0.4, 0.5) is 31.1 Å². The SMILES string of the molecule is CNC(=O)c1csc2c(C(F)(F)F)cc(O[C@@H]3CN(C(=O)OCCOC(F)(F)F)C[C@H]3N(C)C)nc12. The van der Waals surface area contributed by atoms with E-state index < -0.39 is 61.3 Å². The Balaban J connectivity index is 1.82. The number of ether oxygens (including phenoxy) is 3. The van der Waals surface area contributed by atoms with Crippen LogP contribution in [0.2, 0.25) is 0 Å². The molecule has 36 heavy (non-hydrogen) atoms. The number of fused-ring (bicyclic) bond motifs is 1. The van der Waals surface area contributed by atoms with Crippen LogP contribution in [0.25, 0.3) is 10.2 Å². The van der Waals surface area contributed by atoms with Gasteiger partial charge in [-0.15, -0.1) is 24.5 Å². The molecule has 0 bridgehead atoms. The normalized spacial score (nSPS) is 18.7. The molecule has 2 aromatic rings. The number of likely N-dealkylation sites (N-methyl/N-ethyl adjacent to an activating group) is 1. The van der Waals surface area contributed by atoms with Crippen LogP contribution in [-0.2, 0) is 15.7 Å². The van der Waals surface area contributed by atoms with Crippen molar-refractivity contribution < 1.29 is 50.1 Å². The largest absolute Gasteiger partial charge is 0.522 e. The fraction of sp³-hybridized carbons (Fsp3) is 0.550. The van der Waals surface area contributed by atoms with E-state index in [9.17, 15) is 35.9 Å². The summed E-state index contributed by atoms with van der Waals surface area (Å²) in [7, 11) is 4.65. The highest BCUT2D eigenvalue weighted by Gasteiger charge is 2.41. The van der Waals surface area contributed by atoms with Gasteiger partial charge in [0, 0.05) is 25.0 Å². The molecule has 3 rings (SSSR count). The van der Waals surface area contributed by atoms with E-state index in [0.717, 1.165) is 22.3 Å². The second-order valence-electron chi connectivity index (χ2n) is 7.91. The Morgan fingerprint density at radius 3 is 2.47 bits per heavy atom. The monoisotopic (exact) mass is 544 g/mol. The number of likely N-dealkylation sites (tertiary alicyclic amines) is 1. The third-order valence-electron chi connectivity index (χ3n) is 5.28. The molecule has 1 saturated heterocycles. The van der Waals surface area contributed by atoms with E-state index in [1.165, 1.54) is 12.4 Å². The number of carbonyl (C=O) groups is 2. The van der Waals surface area contributed by atoms with Gasteiger partial charge in [0.1, 0.15) is 12.7 Å². The number of halogens is 6. The van der Waals surface area contributed by atoms with Crippen LogP contribution in [0.3, 0.4) is 0 Å². The van der Waals surface area contributed by atoms with E-state index in [4.69, 9.17) is 9.47 Å². The molecule has 2 atom stereocenters. The van der Waals surface area contributed by atoms with Gasteiger partial charge in [-0.2, -0.15) is 13.2 Å². The summed E-state index contributed by atoms with van der Waals surface area (Å²) in [6.45, 7) is -1.64. The number of nitrogens with one attached hydrogen (secondary N) is 1. The summed E-state index contributed by atoms with van der Waals surface area (Å²) in [5.74, 6) is -1.02. The quantitative estimate of drug-likeness (QED) is 0.422. The Morgan fingerprint density at radius 1 is 1.19 bits per heavy atom. The third-order valence-corrected chi connectivity index (χ3v) is 6.28. The van der Waals surface area contributed by atoms with Gasteiger partial charge < -0.3 is 24.6 Å². The summed E-state index contributed by atoms with van der Waals surface area (Å²) in [6.07, 6.45) is -11.4. The molecule has 1 aliphatic rings. The number of thiophene rings is 1. The molecule has 3 heterocycles. The van der Waals surface area contributed by atoms with Crippen LogP contribution < -0.4 is 10.1 Å². The van der Waals surface area contributed by atoms with Gasteiger partial charge in [-0.25, -0.2) is 9.78 Å². The second-order valence-corrected chi connectivity index (χ2v) is 8.79. The number of nitrogens with zero attached hydrogens (tertiary/aromatic N) is 3. The average Bonchev–Trinajstić information content (AvgIpc) is 3.39. The van der Waals surface area contributed by atoms with Crippen molar-refractivity contribution >= 4 is 33.6 Å². The Kier molecular flexibility index (Phi) is 8.20. The minimum absolute atomic E-state index is 0.0347. The maximum Gasteiger partial charge on any atom is 0.522 e. The van der Waals surface area contributed by atoms with Crippen LogP contribution in [0, 0.1) is 0 Å².